The van der Waals surface area contributed by atoms with Crippen LogP contribution in [0.2, 0.25) is 5.02 Å². The molecule has 7 heteroatoms. The van der Waals surface area contributed by atoms with Crippen molar-refractivity contribution in [2.24, 2.45) is 5.84 Å². The van der Waals surface area contributed by atoms with Gasteiger partial charge in [0.05, 0.1) is 11.1 Å². The predicted octanol–water partition coefficient (Wildman–Crippen LogP) is 3.45. The van der Waals surface area contributed by atoms with Gasteiger partial charge in [-0.3, -0.25) is 5.84 Å². The monoisotopic (exact) mass is 304 g/mol. The number of benzene rings is 2. The molecule has 1 unspecified atom stereocenters. The fraction of sp³-hybridized carbons (Fsp3) is 0.0769. The highest BCUT2D eigenvalue weighted by Gasteiger charge is 2.22. The Labute approximate surface area is 117 Å². The first-order chi connectivity index (χ1) is 9.43. The summed E-state index contributed by atoms with van der Waals surface area (Å²) in [4.78, 5) is 0. The topological polar surface area (TPSA) is 38.0 Å². The van der Waals surface area contributed by atoms with Gasteiger partial charge in [0, 0.05) is 11.1 Å². The molecule has 0 aliphatic heterocycles. The first-order valence-corrected chi connectivity index (χ1v) is 5.87. The molecule has 0 bridgehead atoms. The molecule has 0 heterocycles. The summed E-state index contributed by atoms with van der Waals surface area (Å²) in [6.45, 7) is 0. The summed E-state index contributed by atoms with van der Waals surface area (Å²) in [6, 6.07) is 2.91. The molecule has 0 aliphatic rings. The maximum Gasteiger partial charge on any atom is 0.142 e. The van der Waals surface area contributed by atoms with Gasteiger partial charge >= 0.3 is 0 Å². The van der Waals surface area contributed by atoms with Crippen LogP contribution < -0.4 is 11.3 Å². The van der Waals surface area contributed by atoms with Gasteiger partial charge in [0.1, 0.15) is 23.3 Å². The van der Waals surface area contributed by atoms with E-state index in [1.807, 2.05) is 0 Å². The highest BCUT2D eigenvalue weighted by molar-refractivity contribution is 6.30. The zero-order chi connectivity index (χ0) is 14.9. The second-order valence-corrected chi connectivity index (χ2v) is 4.46. The maximum absolute atomic E-state index is 13.8. The van der Waals surface area contributed by atoms with Crippen LogP contribution in [0.5, 0.6) is 0 Å². The first-order valence-electron chi connectivity index (χ1n) is 5.49. The third kappa shape index (κ3) is 2.77. The van der Waals surface area contributed by atoms with Crippen molar-refractivity contribution in [1.29, 1.82) is 0 Å². The van der Waals surface area contributed by atoms with Gasteiger partial charge in [0.25, 0.3) is 0 Å². The number of nitrogens with one attached hydrogen (secondary N) is 1. The number of hydrogen-bond donors (Lipinski definition) is 2. The van der Waals surface area contributed by atoms with Crippen molar-refractivity contribution in [2.75, 3.05) is 0 Å². The molecule has 0 radical (unpaired) electrons. The van der Waals surface area contributed by atoms with E-state index in [2.05, 4.69) is 5.43 Å². The van der Waals surface area contributed by atoms with Gasteiger partial charge in [0.15, 0.2) is 0 Å². The van der Waals surface area contributed by atoms with E-state index in [0.717, 1.165) is 30.3 Å². The lowest BCUT2D eigenvalue weighted by atomic mass is 9.98. The molecule has 0 fully saturated rings. The Morgan fingerprint density at radius 1 is 0.900 bits per heavy atom. The molecule has 2 aromatic rings. The van der Waals surface area contributed by atoms with E-state index in [0.29, 0.717) is 0 Å². The number of hydrazine groups is 1. The smallest absolute Gasteiger partial charge is 0.142 e. The third-order valence-electron chi connectivity index (χ3n) is 2.79. The van der Waals surface area contributed by atoms with Gasteiger partial charge in [0.2, 0.25) is 0 Å². The molecule has 2 nitrogen and oxygen atoms in total. The first kappa shape index (κ1) is 14.8. The maximum atomic E-state index is 13.8. The summed E-state index contributed by atoms with van der Waals surface area (Å²) >= 11 is 5.44. The van der Waals surface area contributed by atoms with Crippen molar-refractivity contribution in [3.8, 4) is 0 Å². The van der Waals surface area contributed by atoms with Crippen molar-refractivity contribution in [3.05, 3.63) is 69.8 Å². The van der Waals surface area contributed by atoms with Crippen molar-refractivity contribution >= 4 is 11.6 Å². The normalized spacial score (nSPS) is 12.5. The van der Waals surface area contributed by atoms with Crippen LogP contribution in [0.4, 0.5) is 17.6 Å². The Morgan fingerprint density at radius 3 is 2.20 bits per heavy atom. The summed E-state index contributed by atoms with van der Waals surface area (Å²) in [5.74, 6) is 1.95. The number of nitrogens with two attached hydrogens (primary N) is 1. The SMILES string of the molecule is NNC(c1cc(F)ccc1F)c1cc(F)c(Cl)cc1F. The number of rotatable bonds is 3. The number of hydrogen-bond acceptors (Lipinski definition) is 2. The summed E-state index contributed by atoms with van der Waals surface area (Å²) in [5.41, 5.74) is 1.61. The zero-order valence-electron chi connectivity index (χ0n) is 9.93. The van der Waals surface area contributed by atoms with Gasteiger partial charge in [-0.05, 0) is 30.3 Å². The van der Waals surface area contributed by atoms with Crippen LogP contribution in [-0.4, -0.2) is 0 Å². The minimum Gasteiger partial charge on any atom is -0.271 e. The molecule has 106 valence electrons. The van der Waals surface area contributed by atoms with Crippen molar-refractivity contribution in [1.82, 2.24) is 5.43 Å². The molecule has 20 heavy (non-hydrogen) atoms. The van der Waals surface area contributed by atoms with Crippen LogP contribution in [0, 0.1) is 23.3 Å². The van der Waals surface area contributed by atoms with Gasteiger partial charge in [-0.2, -0.15) is 0 Å². The Hall–Kier alpha value is -1.63. The summed E-state index contributed by atoms with van der Waals surface area (Å²) < 4.78 is 54.1. The second-order valence-electron chi connectivity index (χ2n) is 4.05. The molecule has 1 atom stereocenters. The van der Waals surface area contributed by atoms with E-state index < -0.39 is 34.3 Å². The van der Waals surface area contributed by atoms with Gasteiger partial charge in [-0.1, -0.05) is 11.6 Å². The van der Waals surface area contributed by atoms with Crippen LogP contribution >= 0.6 is 11.6 Å². The fourth-order valence-corrected chi connectivity index (χ4v) is 1.99. The van der Waals surface area contributed by atoms with Gasteiger partial charge < -0.3 is 0 Å². The molecular weight excluding hydrogens is 296 g/mol. The Bertz CT molecular complexity index is 649. The predicted molar refractivity (Wildman–Crippen MR) is 66.9 cm³/mol. The average molecular weight is 305 g/mol. The van der Waals surface area contributed by atoms with E-state index in [-0.39, 0.29) is 11.1 Å². The molecule has 2 aromatic carbocycles. The van der Waals surface area contributed by atoms with Gasteiger partial charge in [-0.25, -0.2) is 23.0 Å². The second kappa shape index (κ2) is 5.78. The van der Waals surface area contributed by atoms with Crippen LogP contribution in [0.15, 0.2) is 30.3 Å². The Balaban J connectivity index is 2.58. The summed E-state index contributed by atoms with van der Waals surface area (Å²) in [5, 5.41) is -0.415. The summed E-state index contributed by atoms with van der Waals surface area (Å²) in [6.07, 6.45) is 0. The minimum absolute atomic E-state index is 0.242. The largest absolute Gasteiger partial charge is 0.271 e. The molecule has 0 aliphatic carbocycles. The van der Waals surface area contributed by atoms with Crippen molar-refractivity contribution in [2.45, 2.75) is 6.04 Å². The quantitative estimate of drug-likeness (QED) is 0.394. The lowest BCUT2D eigenvalue weighted by Gasteiger charge is -2.18. The molecule has 0 aromatic heterocycles. The van der Waals surface area contributed by atoms with Crippen LogP contribution in [-0.2, 0) is 0 Å². The van der Waals surface area contributed by atoms with Crippen molar-refractivity contribution in [3.63, 3.8) is 0 Å². The Morgan fingerprint density at radius 2 is 1.55 bits per heavy atom. The molecule has 3 N–H and O–H groups in total. The third-order valence-corrected chi connectivity index (χ3v) is 3.08. The van der Waals surface area contributed by atoms with Crippen molar-refractivity contribution < 1.29 is 17.6 Å². The summed E-state index contributed by atoms with van der Waals surface area (Å²) in [7, 11) is 0. The van der Waals surface area contributed by atoms with Crippen LogP contribution in [0.25, 0.3) is 0 Å². The van der Waals surface area contributed by atoms with E-state index >= 15 is 0 Å². The highest BCUT2D eigenvalue weighted by atomic mass is 35.5. The van der Waals surface area contributed by atoms with E-state index in [1.165, 1.54) is 0 Å². The van der Waals surface area contributed by atoms with E-state index in [9.17, 15) is 17.6 Å². The Kier molecular flexibility index (Phi) is 4.27. The zero-order valence-corrected chi connectivity index (χ0v) is 10.7. The van der Waals surface area contributed by atoms with Crippen LogP contribution in [0.3, 0.4) is 0 Å². The van der Waals surface area contributed by atoms with Gasteiger partial charge in [-0.15, -0.1) is 0 Å². The molecule has 0 saturated heterocycles. The fourth-order valence-electron chi connectivity index (χ4n) is 1.84. The standard InChI is InChI=1S/C13H9ClF4N2/c14-9-5-11(17)8(4-12(9)18)13(20-19)7-3-6(15)1-2-10(7)16/h1-5,13,20H,19H2. The lowest BCUT2D eigenvalue weighted by molar-refractivity contribution is 0.516. The molecule has 2 rings (SSSR count). The van der Waals surface area contributed by atoms with E-state index in [1.54, 1.807) is 0 Å². The number of halogens is 5. The lowest BCUT2D eigenvalue weighted by Crippen LogP contribution is -2.30. The molecule has 0 spiro atoms. The molecule has 0 amide bonds. The average Bonchev–Trinajstić information content (AvgIpc) is 2.40. The highest BCUT2D eigenvalue weighted by Crippen LogP contribution is 2.29. The van der Waals surface area contributed by atoms with Crippen LogP contribution in [0.1, 0.15) is 17.2 Å². The minimum atomic E-state index is -1.25. The van der Waals surface area contributed by atoms with E-state index in [4.69, 9.17) is 17.4 Å². The molecule has 0 saturated carbocycles. The molecular formula is C13H9ClF4N2.